The van der Waals surface area contributed by atoms with E-state index >= 15 is 0 Å². The van der Waals surface area contributed by atoms with Crippen LogP contribution >= 0.6 is 23.1 Å². The molecule has 1 unspecified atom stereocenters. The predicted molar refractivity (Wildman–Crippen MR) is 96.5 cm³/mol. The van der Waals surface area contributed by atoms with Gasteiger partial charge in [-0.3, -0.25) is 4.79 Å². The van der Waals surface area contributed by atoms with Crippen LogP contribution in [0.1, 0.15) is 26.3 Å². The van der Waals surface area contributed by atoms with Crippen LogP contribution in [0.4, 0.5) is 10.8 Å². The van der Waals surface area contributed by atoms with Gasteiger partial charge in [-0.2, -0.15) is 0 Å². The zero-order valence-electron chi connectivity index (χ0n) is 13.4. The van der Waals surface area contributed by atoms with Gasteiger partial charge in [0.05, 0.1) is 5.25 Å². The molecule has 1 aliphatic heterocycles. The summed E-state index contributed by atoms with van der Waals surface area (Å²) in [4.78, 5) is 14.6. The van der Waals surface area contributed by atoms with E-state index in [1.807, 2.05) is 30.0 Å². The molecule has 3 rings (SSSR count). The molecular weight excluding hydrogens is 328 g/mol. The molecule has 1 N–H and O–H groups in total. The highest BCUT2D eigenvalue weighted by Gasteiger charge is 2.28. The molecular formula is C16H20N4OS2. The Hall–Kier alpha value is -1.60. The number of carbonyl (C=O) groups is 1. The van der Waals surface area contributed by atoms with E-state index in [1.165, 1.54) is 28.7 Å². The smallest absolute Gasteiger partial charge is 0.240 e. The maximum Gasteiger partial charge on any atom is 0.240 e. The Morgan fingerprint density at radius 1 is 1.30 bits per heavy atom. The van der Waals surface area contributed by atoms with E-state index in [0.29, 0.717) is 6.04 Å². The summed E-state index contributed by atoms with van der Waals surface area (Å²) in [7, 11) is 0. The van der Waals surface area contributed by atoms with Gasteiger partial charge >= 0.3 is 0 Å². The lowest BCUT2D eigenvalue weighted by Crippen LogP contribution is -2.35. The number of fused-ring (bicyclic) bond motifs is 1. The average molecular weight is 348 g/mol. The summed E-state index contributed by atoms with van der Waals surface area (Å²) < 4.78 is 0.821. The van der Waals surface area contributed by atoms with Crippen LogP contribution in [0.15, 0.2) is 28.6 Å². The minimum atomic E-state index is -0.180. The number of carbonyl (C=O) groups excluding carboxylic acids is 1. The van der Waals surface area contributed by atoms with Gasteiger partial charge in [-0.05, 0) is 38.8 Å². The van der Waals surface area contributed by atoms with Crippen molar-refractivity contribution >= 4 is 39.8 Å². The predicted octanol–water partition coefficient (Wildman–Crippen LogP) is 3.43. The Balaban J connectivity index is 1.65. The Bertz CT molecular complexity index is 701. The fourth-order valence-electron chi connectivity index (χ4n) is 2.55. The largest absolute Gasteiger partial charge is 0.358 e. The molecule has 1 aromatic carbocycles. The second kappa shape index (κ2) is 6.88. The van der Waals surface area contributed by atoms with Gasteiger partial charge in [-0.1, -0.05) is 41.3 Å². The zero-order valence-corrected chi connectivity index (χ0v) is 15.1. The van der Waals surface area contributed by atoms with Gasteiger partial charge < -0.3 is 10.2 Å². The summed E-state index contributed by atoms with van der Waals surface area (Å²) >= 11 is 2.97. The number of nitrogens with one attached hydrogen (secondary N) is 1. The highest BCUT2D eigenvalue weighted by atomic mass is 32.2. The van der Waals surface area contributed by atoms with Crippen LogP contribution in [0.25, 0.3) is 0 Å². The molecule has 7 heteroatoms. The minimum absolute atomic E-state index is 0.133. The maximum atomic E-state index is 12.7. The fourth-order valence-corrected chi connectivity index (χ4v) is 4.66. The standard InChI is InChI=1S/C16H20N4OS2/c1-10(2)17-15-18-19-16(23-15)22-11(3)14(21)20-9-8-12-6-4-5-7-13(12)20/h4-7,10-11H,8-9H2,1-3H3,(H,17,18). The monoisotopic (exact) mass is 348 g/mol. The van der Waals surface area contributed by atoms with Crippen LogP contribution in [0.2, 0.25) is 0 Å². The number of para-hydroxylation sites is 1. The van der Waals surface area contributed by atoms with Crippen molar-refractivity contribution in [3.05, 3.63) is 29.8 Å². The first-order valence-corrected chi connectivity index (χ1v) is 9.40. The summed E-state index contributed by atoms with van der Waals surface area (Å²) in [6.45, 7) is 6.82. The summed E-state index contributed by atoms with van der Waals surface area (Å²) in [5.74, 6) is 0.133. The first-order valence-electron chi connectivity index (χ1n) is 7.70. The zero-order chi connectivity index (χ0) is 16.4. The normalized spacial score (nSPS) is 14.9. The van der Waals surface area contributed by atoms with Gasteiger partial charge in [0.25, 0.3) is 0 Å². The van der Waals surface area contributed by atoms with E-state index in [0.717, 1.165) is 28.1 Å². The molecule has 23 heavy (non-hydrogen) atoms. The SMILES string of the molecule is CC(C)Nc1nnc(SC(C)C(=O)N2CCc3ccccc32)s1. The van der Waals surface area contributed by atoms with Gasteiger partial charge in [0.2, 0.25) is 11.0 Å². The second-order valence-electron chi connectivity index (χ2n) is 5.80. The molecule has 2 heterocycles. The molecule has 0 radical (unpaired) electrons. The third-order valence-corrected chi connectivity index (χ3v) is 5.62. The highest BCUT2D eigenvalue weighted by Crippen LogP contribution is 2.33. The molecule has 122 valence electrons. The fraction of sp³-hybridized carbons (Fsp3) is 0.438. The molecule has 0 fully saturated rings. The van der Waals surface area contributed by atoms with Gasteiger partial charge in [-0.15, -0.1) is 10.2 Å². The second-order valence-corrected chi connectivity index (χ2v) is 8.37. The summed E-state index contributed by atoms with van der Waals surface area (Å²) in [5.41, 5.74) is 2.29. The molecule has 1 amide bonds. The van der Waals surface area contributed by atoms with Crippen molar-refractivity contribution in [1.82, 2.24) is 10.2 Å². The molecule has 0 bridgehead atoms. The number of amides is 1. The molecule has 0 aliphatic carbocycles. The molecule has 2 aromatic rings. The first-order chi connectivity index (χ1) is 11.0. The molecule has 0 saturated carbocycles. The molecule has 0 spiro atoms. The van der Waals surface area contributed by atoms with E-state index in [9.17, 15) is 4.79 Å². The Morgan fingerprint density at radius 2 is 2.09 bits per heavy atom. The van der Waals surface area contributed by atoms with Crippen molar-refractivity contribution in [2.75, 3.05) is 16.8 Å². The van der Waals surface area contributed by atoms with Gasteiger partial charge in [0.15, 0.2) is 4.34 Å². The van der Waals surface area contributed by atoms with Crippen molar-refractivity contribution in [3.63, 3.8) is 0 Å². The summed E-state index contributed by atoms with van der Waals surface area (Å²) in [5, 5.41) is 12.1. The number of hydrogen-bond donors (Lipinski definition) is 1. The topological polar surface area (TPSA) is 58.1 Å². The molecule has 1 aromatic heterocycles. The lowest BCUT2D eigenvalue weighted by molar-refractivity contribution is -0.117. The van der Waals surface area contributed by atoms with Crippen LogP contribution in [0, 0.1) is 0 Å². The third kappa shape index (κ3) is 3.67. The summed E-state index contributed by atoms with van der Waals surface area (Å²) in [6.07, 6.45) is 0.931. The van der Waals surface area contributed by atoms with Crippen molar-refractivity contribution in [3.8, 4) is 0 Å². The van der Waals surface area contributed by atoms with Crippen molar-refractivity contribution in [2.24, 2.45) is 0 Å². The molecule has 1 atom stereocenters. The average Bonchev–Trinajstić information content (AvgIpc) is 3.12. The van der Waals surface area contributed by atoms with Crippen molar-refractivity contribution in [2.45, 2.75) is 42.8 Å². The van der Waals surface area contributed by atoms with E-state index in [1.54, 1.807) is 0 Å². The number of thioether (sulfide) groups is 1. The van der Waals surface area contributed by atoms with Gasteiger partial charge in [-0.25, -0.2) is 0 Å². The van der Waals surface area contributed by atoms with Gasteiger partial charge in [0.1, 0.15) is 0 Å². The number of aromatic nitrogens is 2. The van der Waals surface area contributed by atoms with E-state index in [4.69, 9.17) is 0 Å². The quantitative estimate of drug-likeness (QED) is 0.839. The number of benzene rings is 1. The maximum absolute atomic E-state index is 12.7. The van der Waals surface area contributed by atoms with Crippen molar-refractivity contribution < 1.29 is 4.79 Å². The van der Waals surface area contributed by atoms with Gasteiger partial charge in [0, 0.05) is 18.3 Å². The Kier molecular flexibility index (Phi) is 4.87. The minimum Gasteiger partial charge on any atom is -0.358 e. The lowest BCUT2D eigenvalue weighted by atomic mass is 10.2. The van der Waals surface area contributed by atoms with Crippen LogP contribution in [-0.2, 0) is 11.2 Å². The number of nitrogens with zero attached hydrogens (tertiary/aromatic N) is 3. The van der Waals surface area contributed by atoms with Crippen molar-refractivity contribution in [1.29, 1.82) is 0 Å². The highest BCUT2D eigenvalue weighted by molar-refractivity contribution is 8.02. The van der Waals surface area contributed by atoms with E-state index < -0.39 is 0 Å². The summed E-state index contributed by atoms with van der Waals surface area (Å²) in [6, 6.07) is 8.44. The lowest BCUT2D eigenvalue weighted by Gasteiger charge is -2.20. The van der Waals surface area contributed by atoms with E-state index in [2.05, 4.69) is 35.4 Å². The van der Waals surface area contributed by atoms with Crippen LogP contribution in [-0.4, -0.2) is 33.9 Å². The number of anilines is 2. The molecule has 0 saturated heterocycles. The number of hydrogen-bond acceptors (Lipinski definition) is 6. The van der Waals surface area contributed by atoms with Crippen LogP contribution in [0.5, 0.6) is 0 Å². The van der Waals surface area contributed by atoms with Crippen LogP contribution < -0.4 is 10.2 Å². The Labute approximate surface area is 144 Å². The van der Waals surface area contributed by atoms with Crippen LogP contribution in [0.3, 0.4) is 0 Å². The first kappa shape index (κ1) is 16.3. The molecule has 1 aliphatic rings. The molecule has 5 nitrogen and oxygen atoms in total. The van der Waals surface area contributed by atoms with E-state index in [-0.39, 0.29) is 11.2 Å². The third-order valence-electron chi connectivity index (χ3n) is 3.60. The number of rotatable bonds is 5. The Morgan fingerprint density at radius 3 is 2.87 bits per heavy atom.